The zero-order valence-electron chi connectivity index (χ0n) is 17.1. The first-order valence-electron chi connectivity index (χ1n) is 9.12. The molecule has 154 valence electrons. The van der Waals surface area contributed by atoms with Gasteiger partial charge in [-0.25, -0.2) is 9.97 Å². The molecule has 3 aromatic heterocycles. The van der Waals surface area contributed by atoms with Crippen LogP contribution in [0.15, 0.2) is 36.7 Å². The summed E-state index contributed by atoms with van der Waals surface area (Å²) in [6.07, 6.45) is 3.63. The number of carbonyl (C=O) groups is 1. The molecule has 0 spiro atoms. The fraction of sp³-hybridized carbons (Fsp3) is 0.350. The number of rotatable bonds is 6. The zero-order valence-corrected chi connectivity index (χ0v) is 17.9. The highest BCUT2D eigenvalue weighted by atomic mass is 32.1. The Labute approximate surface area is 174 Å². The van der Waals surface area contributed by atoms with Gasteiger partial charge in [-0.1, -0.05) is 6.07 Å². The lowest BCUT2D eigenvalue weighted by Gasteiger charge is -2.25. The molecule has 0 aromatic carbocycles. The molecule has 0 fully saturated rings. The second kappa shape index (κ2) is 10.5. The van der Waals surface area contributed by atoms with Crippen molar-refractivity contribution in [1.29, 1.82) is 0 Å². The van der Waals surface area contributed by atoms with Crippen LogP contribution in [0.3, 0.4) is 0 Å². The molecule has 3 rings (SSSR count). The number of carboxylic acid groups (broad SMARTS) is 1. The molecule has 0 bridgehead atoms. The van der Waals surface area contributed by atoms with Crippen molar-refractivity contribution in [2.75, 3.05) is 4.90 Å². The van der Waals surface area contributed by atoms with E-state index in [1.54, 1.807) is 12.4 Å². The molecule has 3 aromatic rings. The van der Waals surface area contributed by atoms with E-state index in [4.69, 9.17) is 19.6 Å². The Hall–Kier alpha value is -3.07. The van der Waals surface area contributed by atoms with Gasteiger partial charge in [0.25, 0.3) is 6.47 Å². The lowest BCUT2D eigenvalue weighted by Crippen LogP contribution is -2.26. The van der Waals surface area contributed by atoms with Gasteiger partial charge in [-0.05, 0) is 58.4 Å². The van der Waals surface area contributed by atoms with Crippen molar-refractivity contribution in [3.63, 3.8) is 0 Å². The van der Waals surface area contributed by atoms with Crippen LogP contribution in [0.1, 0.15) is 33.3 Å². The van der Waals surface area contributed by atoms with Gasteiger partial charge in [-0.3, -0.25) is 9.69 Å². The topological polar surface area (TPSA) is 101 Å². The van der Waals surface area contributed by atoms with Crippen LogP contribution in [0.4, 0.5) is 10.9 Å². The van der Waals surface area contributed by atoms with E-state index in [-0.39, 0.29) is 18.6 Å². The normalized spacial score (nSPS) is 10.4. The highest BCUT2D eigenvalue weighted by Gasteiger charge is 2.21. The molecular formula is C20H25N5O3S. The van der Waals surface area contributed by atoms with E-state index in [2.05, 4.69) is 46.1 Å². The highest BCUT2D eigenvalue weighted by molar-refractivity contribution is 7.10. The average Bonchev–Trinajstić information content (AvgIpc) is 3.14. The summed E-state index contributed by atoms with van der Waals surface area (Å²) >= 11 is 1.35. The minimum atomic E-state index is -0.250. The average molecular weight is 416 g/mol. The van der Waals surface area contributed by atoms with Gasteiger partial charge < -0.3 is 9.84 Å². The van der Waals surface area contributed by atoms with Gasteiger partial charge in [0.05, 0.1) is 12.3 Å². The first-order chi connectivity index (χ1) is 13.9. The van der Waals surface area contributed by atoms with Crippen molar-refractivity contribution in [1.82, 2.24) is 19.3 Å². The van der Waals surface area contributed by atoms with Crippen molar-refractivity contribution >= 4 is 29.0 Å². The van der Waals surface area contributed by atoms with Gasteiger partial charge in [0.1, 0.15) is 17.3 Å². The summed E-state index contributed by atoms with van der Waals surface area (Å²) in [5.74, 6) is 2.26. The number of aromatic nitrogens is 4. The van der Waals surface area contributed by atoms with Gasteiger partial charge in [-0.2, -0.15) is 9.36 Å². The third kappa shape index (κ3) is 5.95. The molecule has 0 aliphatic heterocycles. The summed E-state index contributed by atoms with van der Waals surface area (Å²) in [6, 6.07) is 7.98. The minimum Gasteiger partial charge on any atom is -0.489 e. The molecule has 0 atom stereocenters. The summed E-state index contributed by atoms with van der Waals surface area (Å²) in [7, 11) is 0. The fourth-order valence-electron chi connectivity index (χ4n) is 2.56. The zero-order chi connectivity index (χ0) is 21.4. The van der Waals surface area contributed by atoms with Crippen LogP contribution in [0.5, 0.6) is 5.75 Å². The predicted octanol–water partition coefficient (Wildman–Crippen LogP) is 4.34. The number of aryl methyl sites for hydroxylation is 1. The maximum absolute atomic E-state index is 8.36. The number of hydrogen-bond donors (Lipinski definition) is 1. The number of nitrogens with zero attached hydrogens (tertiary/aromatic N) is 5. The lowest BCUT2D eigenvalue weighted by atomic mass is 10.2. The fourth-order valence-corrected chi connectivity index (χ4v) is 3.37. The van der Waals surface area contributed by atoms with Gasteiger partial charge in [0.2, 0.25) is 5.13 Å². The van der Waals surface area contributed by atoms with E-state index in [1.165, 1.54) is 11.5 Å². The molecule has 1 N–H and O–H groups in total. The maximum Gasteiger partial charge on any atom is 0.290 e. The predicted molar refractivity (Wildman–Crippen MR) is 114 cm³/mol. The molecular weight excluding hydrogens is 390 g/mol. The summed E-state index contributed by atoms with van der Waals surface area (Å²) in [5, 5.41) is 7.70. The highest BCUT2D eigenvalue weighted by Crippen LogP contribution is 2.32. The third-order valence-corrected chi connectivity index (χ3v) is 4.40. The Morgan fingerprint density at radius 2 is 1.90 bits per heavy atom. The molecule has 9 heteroatoms. The molecule has 0 aliphatic carbocycles. The van der Waals surface area contributed by atoms with E-state index in [1.807, 2.05) is 32.0 Å². The Morgan fingerprint density at radius 3 is 2.45 bits per heavy atom. The molecule has 29 heavy (non-hydrogen) atoms. The van der Waals surface area contributed by atoms with Gasteiger partial charge in [0.15, 0.2) is 5.82 Å². The molecule has 3 heterocycles. The number of pyridine rings is 2. The second-order valence-corrected chi connectivity index (χ2v) is 7.39. The lowest BCUT2D eigenvalue weighted by molar-refractivity contribution is -0.122. The van der Waals surface area contributed by atoms with E-state index < -0.39 is 0 Å². The molecule has 0 saturated carbocycles. The summed E-state index contributed by atoms with van der Waals surface area (Å²) in [6.45, 7) is 10.0. The molecule has 0 amide bonds. The first kappa shape index (κ1) is 22.2. The third-order valence-electron chi connectivity index (χ3n) is 3.69. The smallest absolute Gasteiger partial charge is 0.290 e. The summed E-state index contributed by atoms with van der Waals surface area (Å²) in [4.78, 5) is 24.1. The van der Waals surface area contributed by atoms with Crippen LogP contribution >= 0.6 is 11.5 Å². The number of ether oxygens (including phenoxy) is 1. The van der Waals surface area contributed by atoms with E-state index in [0.29, 0.717) is 5.82 Å². The van der Waals surface area contributed by atoms with Crippen LogP contribution < -0.4 is 9.64 Å². The number of hydrogen-bond acceptors (Lipinski definition) is 8. The standard InChI is InChI=1S/C19H23N5OS.CH2O2/c1-12(2)24(18-14(5)7-6-10-20-18)19-22-17(23-26-19)16-9-8-15(11-21-16)25-13(3)4;2-1-3/h6-13H,1-5H3;1H,(H,2,3). The van der Waals surface area contributed by atoms with Crippen LogP contribution in [0, 0.1) is 6.92 Å². The Bertz CT molecular complexity index is 912. The van der Waals surface area contributed by atoms with Crippen LogP contribution in [0.2, 0.25) is 0 Å². The van der Waals surface area contributed by atoms with Crippen molar-refractivity contribution in [3.05, 3.63) is 42.2 Å². The molecule has 0 aliphatic rings. The molecule has 8 nitrogen and oxygen atoms in total. The van der Waals surface area contributed by atoms with Crippen molar-refractivity contribution < 1.29 is 14.6 Å². The molecule has 0 unspecified atom stereocenters. The van der Waals surface area contributed by atoms with Crippen LogP contribution in [0.25, 0.3) is 11.5 Å². The Morgan fingerprint density at radius 1 is 1.17 bits per heavy atom. The van der Waals surface area contributed by atoms with E-state index in [0.717, 1.165) is 28.0 Å². The van der Waals surface area contributed by atoms with Gasteiger partial charge in [-0.15, -0.1) is 0 Å². The van der Waals surface area contributed by atoms with Crippen molar-refractivity contribution in [2.24, 2.45) is 0 Å². The quantitative estimate of drug-likeness (QED) is 0.593. The van der Waals surface area contributed by atoms with Crippen LogP contribution in [-0.4, -0.2) is 43.1 Å². The van der Waals surface area contributed by atoms with E-state index in [9.17, 15) is 0 Å². The SMILES string of the molecule is Cc1cccnc1N(c1nc(-c2ccc(OC(C)C)cn2)ns1)C(C)C.O=CO. The largest absolute Gasteiger partial charge is 0.489 e. The van der Waals surface area contributed by atoms with Gasteiger partial charge in [0, 0.05) is 23.8 Å². The van der Waals surface area contributed by atoms with Crippen molar-refractivity contribution in [2.45, 2.75) is 46.8 Å². The van der Waals surface area contributed by atoms with Crippen molar-refractivity contribution in [3.8, 4) is 17.3 Å². The Balaban J connectivity index is 0.000000941. The molecule has 0 radical (unpaired) electrons. The minimum absolute atomic E-state index is 0.118. The molecule has 0 saturated heterocycles. The summed E-state index contributed by atoms with van der Waals surface area (Å²) < 4.78 is 10.1. The van der Waals surface area contributed by atoms with Gasteiger partial charge >= 0.3 is 0 Å². The summed E-state index contributed by atoms with van der Waals surface area (Å²) in [5.41, 5.74) is 1.83. The second-order valence-electron chi connectivity index (χ2n) is 6.66. The van der Waals surface area contributed by atoms with E-state index >= 15 is 0 Å². The monoisotopic (exact) mass is 415 g/mol. The van der Waals surface area contributed by atoms with Crippen LogP contribution in [-0.2, 0) is 4.79 Å². The Kier molecular flexibility index (Phi) is 8.02. The maximum atomic E-state index is 8.36. The number of anilines is 2. The first-order valence-corrected chi connectivity index (χ1v) is 9.90.